The highest BCUT2D eigenvalue weighted by Gasteiger charge is 2.11. The van der Waals surface area contributed by atoms with Gasteiger partial charge < -0.3 is 5.11 Å². The van der Waals surface area contributed by atoms with Gasteiger partial charge >= 0.3 is 5.97 Å². The zero-order valence-corrected chi connectivity index (χ0v) is 8.01. The number of hydrogen-bond acceptors (Lipinski definition) is 3. The molecular formula is C6H12O2S2. The van der Waals surface area contributed by atoms with Crippen LogP contribution in [0.1, 0.15) is 20.8 Å². The molecule has 0 bridgehead atoms. The Hall–Kier alpha value is 0.170. The van der Waals surface area contributed by atoms with Crippen molar-refractivity contribution >= 4 is 27.6 Å². The third-order valence-electron chi connectivity index (χ3n) is 0.491. The Bertz CT molecular complexity index is 117. The summed E-state index contributed by atoms with van der Waals surface area (Å²) in [7, 11) is 2.98. The van der Waals surface area contributed by atoms with Gasteiger partial charge in [-0.15, -0.1) is 0 Å². The fourth-order valence-electron chi connectivity index (χ4n) is 0.257. The molecule has 0 aromatic carbocycles. The Morgan fingerprint density at radius 1 is 1.50 bits per heavy atom. The van der Waals surface area contributed by atoms with Crippen LogP contribution in [-0.2, 0) is 4.79 Å². The highest BCUT2D eigenvalue weighted by Crippen LogP contribution is 2.34. The molecule has 0 rings (SSSR count). The lowest BCUT2D eigenvalue weighted by molar-refractivity contribution is -0.133. The molecule has 0 amide bonds. The van der Waals surface area contributed by atoms with Gasteiger partial charge in [-0.25, -0.2) is 0 Å². The van der Waals surface area contributed by atoms with Gasteiger partial charge in [-0.3, -0.25) is 4.79 Å². The van der Waals surface area contributed by atoms with E-state index in [9.17, 15) is 4.79 Å². The molecule has 0 aliphatic rings. The van der Waals surface area contributed by atoms with Crippen LogP contribution in [0.2, 0.25) is 0 Å². The SMILES string of the molecule is CC(C)(C)SSCC(=O)O. The molecule has 0 fully saturated rings. The number of aliphatic carboxylic acids is 1. The third-order valence-corrected chi connectivity index (χ3v) is 3.68. The van der Waals surface area contributed by atoms with Crippen molar-refractivity contribution in [2.75, 3.05) is 5.75 Å². The number of hydrogen-bond donors (Lipinski definition) is 1. The molecular weight excluding hydrogens is 168 g/mol. The van der Waals surface area contributed by atoms with Crippen molar-refractivity contribution in [2.24, 2.45) is 0 Å². The van der Waals surface area contributed by atoms with E-state index >= 15 is 0 Å². The van der Waals surface area contributed by atoms with Crippen LogP contribution < -0.4 is 0 Å². The van der Waals surface area contributed by atoms with Crippen LogP contribution >= 0.6 is 21.6 Å². The minimum atomic E-state index is -0.748. The average Bonchev–Trinajstić information content (AvgIpc) is 1.59. The molecule has 0 spiro atoms. The van der Waals surface area contributed by atoms with Crippen molar-refractivity contribution in [3.8, 4) is 0 Å². The van der Waals surface area contributed by atoms with E-state index in [2.05, 4.69) is 20.8 Å². The molecule has 10 heavy (non-hydrogen) atoms. The van der Waals surface area contributed by atoms with Gasteiger partial charge in [-0.1, -0.05) is 42.4 Å². The molecule has 1 N–H and O–H groups in total. The highest BCUT2D eigenvalue weighted by molar-refractivity contribution is 8.77. The summed E-state index contributed by atoms with van der Waals surface area (Å²) in [6, 6.07) is 0. The van der Waals surface area contributed by atoms with Gasteiger partial charge in [0.15, 0.2) is 0 Å². The number of rotatable bonds is 3. The molecule has 0 atom stereocenters. The van der Waals surface area contributed by atoms with Crippen LogP contribution in [0.5, 0.6) is 0 Å². The quantitative estimate of drug-likeness (QED) is 0.676. The van der Waals surface area contributed by atoms with E-state index in [4.69, 9.17) is 5.11 Å². The summed E-state index contributed by atoms with van der Waals surface area (Å²) in [5.41, 5.74) is 0. The molecule has 60 valence electrons. The molecule has 0 unspecified atom stereocenters. The Kier molecular flexibility index (Phi) is 4.20. The van der Waals surface area contributed by atoms with E-state index in [1.165, 1.54) is 10.8 Å². The zero-order chi connectivity index (χ0) is 8.20. The van der Waals surface area contributed by atoms with Crippen molar-refractivity contribution in [1.82, 2.24) is 0 Å². The van der Waals surface area contributed by atoms with Crippen LogP contribution in [0.25, 0.3) is 0 Å². The Morgan fingerprint density at radius 3 is 2.30 bits per heavy atom. The number of carboxylic acids is 1. The highest BCUT2D eigenvalue weighted by atomic mass is 33.1. The standard InChI is InChI=1S/C6H12O2S2/c1-6(2,3)10-9-4-5(7)8/h4H2,1-3H3,(H,7,8). The monoisotopic (exact) mass is 180 g/mol. The van der Waals surface area contributed by atoms with E-state index in [-0.39, 0.29) is 10.5 Å². The van der Waals surface area contributed by atoms with E-state index in [0.29, 0.717) is 0 Å². The van der Waals surface area contributed by atoms with E-state index in [1.807, 2.05) is 0 Å². The van der Waals surface area contributed by atoms with Crippen LogP contribution in [-0.4, -0.2) is 21.6 Å². The maximum Gasteiger partial charge on any atom is 0.314 e. The lowest BCUT2D eigenvalue weighted by atomic mass is 10.3. The van der Waals surface area contributed by atoms with E-state index < -0.39 is 5.97 Å². The average molecular weight is 180 g/mol. The molecule has 0 aromatic heterocycles. The molecule has 4 heteroatoms. The summed E-state index contributed by atoms with van der Waals surface area (Å²) < 4.78 is 0.153. The first-order valence-electron chi connectivity index (χ1n) is 2.94. The summed E-state index contributed by atoms with van der Waals surface area (Å²) in [6.45, 7) is 6.19. The Balaban J connectivity index is 3.29. The molecule has 0 aliphatic carbocycles. The van der Waals surface area contributed by atoms with Crippen molar-refractivity contribution in [2.45, 2.75) is 25.5 Å². The summed E-state index contributed by atoms with van der Waals surface area (Å²) >= 11 is 0. The van der Waals surface area contributed by atoms with Gasteiger partial charge in [0, 0.05) is 4.75 Å². The minimum absolute atomic E-state index is 0.153. The fraction of sp³-hybridized carbons (Fsp3) is 0.833. The van der Waals surface area contributed by atoms with Gasteiger partial charge in [0.25, 0.3) is 0 Å². The predicted octanol–water partition coefficient (Wildman–Crippen LogP) is 2.25. The van der Waals surface area contributed by atoms with Crippen LogP contribution in [0, 0.1) is 0 Å². The zero-order valence-electron chi connectivity index (χ0n) is 6.38. The first-order chi connectivity index (χ1) is 4.42. The minimum Gasteiger partial charge on any atom is -0.481 e. The topological polar surface area (TPSA) is 37.3 Å². The van der Waals surface area contributed by atoms with Crippen molar-refractivity contribution in [1.29, 1.82) is 0 Å². The van der Waals surface area contributed by atoms with E-state index in [1.54, 1.807) is 10.8 Å². The second-order valence-electron chi connectivity index (χ2n) is 2.85. The number of carbonyl (C=O) groups is 1. The maximum absolute atomic E-state index is 10.1. The van der Waals surface area contributed by atoms with Gasteiger partial charge in [0.05, 0.1) is 0 Å². The molecule has 0 radical (unpaired) electrons. The van der Waals surface area contributed by atoms with Crippen molar-refractivity contribution in [3.63, 3.8) is 0 Å². The Morgan fingerprint density at radius 2 is 2.00 bits per heavy atom. The molecule has 0 saturated heterocycles. The van der Waals surface area contributed by atoms with E-state index in [0.717, 1.165) is 0 Å². The van der Waals surface area contributed by atoms with Crippen LogP contribution in [0.15, 0.2) is 0 Å². The molecule has 2 nitrogen and oxygen atoms in total. The maximum atomic E-state index is 10.1. The molecule has 0 saturated carbocycles. The smallest absolute Gasteiger partial charge is 0.314 e. The summed E-state index contributed by atoms with van der Waals surface area (Å²) in [4.78, 5) is 10.1. The van der Waals surface area contributed by atoms with Gasteiger partial charge in [0.1, 0.15) is 5.75 Å². The summed E-state index contributed by atoms with van der Waals surface area (Å²) in [5.74, 6) is -0.566. The van der Waals surface area contributed by atoms with Gasteiger partial charge in [-0.05, 0) is 0 Å². The van der Waals surface area contributed by atoms with Crippen molar-refractivity contribution in [3.05, 3.63) is 0 Å². The van der Waals surface area contributed by atoms with Gasteiger partial charge in [-0.2, -0.15) is 0 Å². The predicted molar refractivity (Wildman–Crippen MR) is 47.4 cm³/mol. The summed E-state index contributed by atoms with van der Waals surface area (Å²) in [5, 5.41) is 8.28. The lowest BCUT2D eigenvalue weighted by Gasteiger charge is -2.14. The first kappa shape index (κ1) is 10.2. The molecule has 0 aromatic rings. The van der Waals surface area contributed by atoms with Crippen LogP contribution in [0.3, 0.4) is 0 Å². The van der Waals surface area contributed by atoms with Crippen LogP contribution in [0.4, 0.5) is 0 Å². The van der Waals surface area contributed by atoms with Gasteiger partial charge in [0.2, 0.25) is 0 Å². The normalized spacial score (nSPS) is 11.5. The lowest BCUT2D eigenvalue weighted by Crippen LogP contribution is -2.06. The second-order valence-corrected chi connectivity index (χ2v) is 5.97. The van der Waals surface area contributed by atoms with Crippen molar-refractivity contribution < 1.29 is 9.90 Å². The number of carboxylic acid groups (broad SMARTS) is 1. The fourth-order valence-corrected chi connectivity index (χ4v) is 2.31. The summed E-state index contributed by atoms with van der Waals surface area (Å²) in [6.07, 6.45) is 0. The molecule has 0 heterocycles. The Labute approximate surface area is 69.2 Å². The molecule has 0 aliphatic heterocycles. The largest absolute Gasteiger partial charge is 0.481 e. The second kappa shape index (κ2) is 4.13. The third kappa shape index (κ3) is 8.17. The first-order valence-corrected chi connectivity index (χ1v) is 5.26.